The molecule has 0 aliphatic carbocycles. The fourth-order valence-electron chi connectivity index (χ4n) is 4.13. The fourth-order valence-corrected chi connectivity index (χ4v) is 4.13. The third-order valence-electron chi connectivity index (χ3n) is 5.53. The van der Waals surface area contributed by atoms with Gasteiger partial charge >= 0.3 is 6.18 Å². The molecule has 2 aliphatic heterocycles. The van der Waals surface area contributed by atoms with Gasteiger partial charge in [-0.2, -0.15) is 13.2 Å². The van der Waals surface area contributed by atoms with E-state index in [9.17, 15) is 22.4 Å². The highest BCUT2D eigenvalue weighted by atomic mass is 19.4. The molecule has 5 heterocycles. The van der Waals surface area contributed by atoms with Crippen LogP contribution in [0.3, 0.4) is 0 Å². The number of pyridine rings is 2. The van der Waals surface area contributed by atoms with Gasteiger partial charge in [0.25, 0.3) is 5.91 Å². The first-order chi connectivity index (χ1) is 15.3. The van der Waals surface area contributed by atoms with Gasteiger partial charge in [-0.3, -0.25) is 4.79 Å². The molecule has 5 rings (SSSR count). The number of carbonyl (C=O) groups is 1. The van der Waals surface area contributed by atoms with E-state index in [4.69, 9.17) is 4.74 Å². The maximum absolute atomic E-state index is 14.6. The summed E-state index contributed by atoms with van der Waals surface area (Å²) in [6.07, 6.45) is -4.24. The first-order valence-electron chi connectivity index (χ1n) is 9.75. The average molecular weight is 448 g/mol. The van der Waals surface area contributed by atoms with E-state index in [0.717, 1.165) is 18.0 Å². The molecule has 1 amide bonds. The van der Waals surface area contributed by atoms with E-state index in [0.29, 0.717) is 17.3 Å². The first-order valence-corrected chi connectivity index (χ1v) is 9.75. The van der Waals surface area contributed by atoms with Crippen molar-refractivity contribution in [2.45, 2.75) is 31.7 Å². The minimum Gasteiger partial charge on any atom is -0.377 e. The average Bonchev–Trinajstić information content (AvgIpc) is 3.16. The van der Waals surface area contributed by atoms with Crippen LogP contribution in [0.5, 0.6) is 0 Å². The first kappa shape index (κ1) is 20.5. The quantitative estimate of drug-likeness (QED) is 0.561. The number of hydrogen-bond acceptors (Lipinski definition) is 6. The molecule has 2 unspecified atom stereocenters. The largest absolute Gasteiger partial charge is 0.436 e. The zero-order valence-electron chi connectivity index (χ0n) is 16.7. The van der Waals surface area contributed by atoms with Crippen molar-refractivity contribution in [1.82, 2.24) is 29.6 Å². The van der Waals surface area contributed by atoms with Gasteiger partial charge in [-0.1, -0.05) is 6.07 Å². The Hall–Kier alpha value is -3.41. The number of carbonyl (C=O) groups excluding carboxylic acids is 1. The van der Waals surface area contributed by atoms with Gasteiger partial charge in [0.05, 0.1) is 24.8 Å². The number of aryl methyl sites for hydroxylation is 1. The lowest BCUT2D eigenvalue weighted by molar-refractivity contribution is -0.143. The van der Waals surface area contributed by atoms with Crippen LogP contribution in [0.25, 0.3) is 11.5 Å². The molecule has 3 aromatic heterocycles. The Labute approximate surface area is 178 Å². The molecular weight excluding hydrogens is 432 g/mol. The van der Waals surface area contributed by atoms with Crippen LogP contribution in [-0.4, -0.2) is 54.8 Å². The smallest absolute Gasteiger partial charge is 0.377 e. The van der Waals surface area contributed by atoms with Crippen LogP contribution < -0.4 is 0 Å². The van der Waals surface area contributed by atoms with Crippen LogP contribution in [0.2, 0.25) is 0 Å². The zero-order valence-corrected chi connectivity index (χ0v) is 16.7. The summed E-state index contributed by atoms with van der Waals surface area (Å²) in [7, 11) is 0. The van der Waals surface area contributed by atoms with Gasteiger partial charge in [-0.25, -0.2) is 14.4 Å². The van der Waals surface area contributed by atoms with E-state index in [1.165, 1.54) is 4.90 Å². The van der Waals surface area contributed by atoms with Crippen LogP contribution >= 0.6 is 0 Å². The predicted octanol–water partition coefficient (Wildman–Crippen LogP) is 2.80. The number of ether oxygens (including phenoxy) is 1. The van der Waals surface area contributed by atoms with E-state index in [2.05, 4.69) is 20.2 Å². The Morgan fingerprint density at radius 3 is 2.75 bits per heavy atom. The molecule has 3 aromatic rings. The number of fused-ring (bicyclic) bond motifs is 4. The number of morpholine rings is 1. The molecule has 12 heteroatoms. The second-order valence-corrected chi connectivity index (χ2v) is 7.59. The predicted molar refractivity (Wildman–Crippen MR) is 101 cm³/mol. The second kappa shape index (κ2) is 7.33. The summed E-state index contributed by atoms with van der Waals surface area (Å²) >= 11 is 0. The maximum Gasteiger partial charge on any atom is 0.436 e. The van der Waals surface area contributed by atoms with Crippen molar-refractivity contribution in [3.63, 3.8) is 0 Å². The van der Waals surface area contributed by atoms with Gasteiger partial charge in [0.15, 0.2) is 23.2 Å². The molecule has 2 aliphatic rings. The summed E-state index contributed by atoms with van der Waals surface area (Å²) in [5, 5.41) is 8.43. The molecule has 32 heavy (non-hydrogen) atoms. The summed E-state index contributed by atoms with van der Waals surface area (Å²) < 4.78 is 61.2. The minimum absolute atomic E-state index is 0.0560. The Morgan fingerprint density at radius 1 is 1.19 bits per heavy atom. The van der Waals surface area contributed by atoms with Gasteiger partial charge in [0, 0.05) is 18.4 Å². The molecular formula is C20H16F4N6O2. The van der Waals surface area contributed by atoms with E-state index < -0.39 is 41.2 Å². The molecule has 1 fully saturated rings. The molecule has 0 saturated carbocycles. The van der Waals surface area contributed by atoms with Crippen LogP contribution in [0.1, 0.15) is 33.6 Å². The highest BCUT2D eigenvalue weighted by molar-refractivity contribution is 5.95. The van der Waals surface area contributed by atoms with Crippen molar-refractivity contribution in [1.29, 1.82) is 0 Å². The van der Waals surface area contributed by atoms with Crippen molar-refractivity contribution in [3.8, 4) is 11.5 Å². The molecule has 8 nitrogen and oxygen atoms in total. The van der Waals surface area contributed by atoms with Crippen molar-refractivity contribution in [2.24, 2.45) is 0 Å². The van der Waals surface area contributed by atoms with Gasteiger partial charge in [0.2, 0.25) is 0 Å². The summed E-state index contributed by atoms with van der Waals surface area (Å²) in [6.45, 7) is 2.27. The summed E-state index contributed by atoms with van der Waals surface area (Å²) in [5.41, 5.74) is -1.02. The SMILES string of the molecule is Cc1cccc(-c2nnc3n2CC2COCC3N2C(=O)c2ccnc(C(F)(F)F)c2F)n1. The highest BCUT2D eigenvalue weighted by Gasteiger charge is 2.45. The second-order valence-electron chi connectivity index (χ2n) is 7.59. The molecule has 0 radical (unpaired) electrons. The van der Waals surface area contributed by atoms with Gasteiger partial charge in [-0.15, -0.1) is 10.2 Å². The monoisotopic (exact) mass is 448 g/mol. The van der Waals surface area contributed by atoms with Crippen molar-refractivity contribution < 1.29 is 27.1 Å². The van der Waals surface area contributed by atoms with E-state index >= 15 is 0 Å². The highest BCUT2D eigenvalue weighted by Crippen LogP contribution is 2.37. The van der Waals surface area contributed by atoms with Crippen molar-refractivity contribution in [2.75, 3.05) is 13.2 Å². The lowest BCUT2D eigenvalue weighted by atomic mass is 10.0. The Kier molecular flexibility index (Phi) is 4.69. The van der Waals surface area contributed by atoms with E-state index in [1.54, 1.807) is 6.07 Å². The normalized spacial score (nSPS) is 20.2. The molecule has 0 aromatic carbocycles. The number of aromatic nitrogens is 5. The number of alkyl halides is 3. The summed E-state index contributed by atoms with van der Waals surface area (Å²) in [4.78, 5) is 22.1. The number of nitrogens with zero attached hydrogens (tertiary/aromatic N) is 6. The van der Waals surface area contributed by atoms with Crippen LogP contribution in [0.15, 0.2) is 30.5 Å². The minimum atomic E-state index is -5.02. The van der Waals surface area contributed by atoms with Crippen molar-refractivity contribution >= 4 is 5.91 Å². The van der Waals surface area contributed by atoms with E-state index in [1.807, 2.05) is 23.6 Å². The molecule has 0 N–H and O–H groups in total. The molecule has 2 atom stereocenters. The van der Waals surface area contributed by atoms with Gasteiger partial charge in [-0.05, 0) is 25.1 Å². The molecule has 0 spiro atoms. The topological polar surface area (TPSA) is 86.0 Å². The Balaban J connectivity index is 1.55. The third kappa shape index (κ3) is 3.22. The third-order valence-corrected chi connectivity index (χ3v) is 5.53. The van der Waals surface area contributed by atoms with E-state index in [-0.39, 0.29) is 19.8 Å². The number of amides is 1. The molecule has 166 valence electrons. The van der Waals surface area contributed by atoms with Gasteiger partial charge < -0.3 is 14.2 Å². The van der Waals surface area contributed by atoms with Crippen LogP contribution in [0, 0.1) is 12.7 Å². The Morgan fingerprint density at radius 2 is 2.00 bits per heavy atom. The lowest BCUT2D eigenvalue weighted by Gasteiger charge is -2.45. The maximum atomic E-state index is 14.6. The summed E-state index contributed by atoms with van der Waals surface area (Å²) in [6, 6.07) is 5.15. The number of halogens is 4. The Bertz CT molecular complexity index is 1210. The molecule has 1 saturated heterocycles. The van der Waals surface area contributed by atoms with Crippen molar-refractivity contribution in [3.05, 3.63) is 59.1 Å². The zero-order chi connectivity index (χ0) is 22.6. The lowest BCUT2D eigenvalue weighted by Crippen LogP contribution is -2.56. The number of hydrogen-bond donors (Lipinski definition) is 0. The number of rotatable bonds is 2. The van der Waals surface area contributed by atoms with Crippen LogP contribution in [-0.2, 0) is 17.5 Å². The van der Waals surface area contributed by atoms with Crippen LogP contribution in [0.4, 0.5) is 17.6 Å². The fraction of sp³-hybridized carbons (Fsp3) is 0.350. The van der Waals surface area contributed by atoms with Gasteiger partial charge in [0.1, 0.15) is 11.7 Å². The summed E-state index contributed by atoms with van der Waals surface area (Å²) in [5.74, 6) is -1.65. The standard InChI is InChI=1S/C20H16F4N6O2/c1-10-3-2-4-13(26-10)17-27-28-18-14-9-32-8-11(7-29(17)18)30(14)19(31)12-5-6-25-16(15(12)21)20(22,23)24/h2-6,11,14H,7-9H2,1H3. The molecule has 2 bridgehead atoms.